The Morgan fingerprint density at radius 1 is 1.18 bits per heavy atom. The normalized spacial score (nSPS) is 22.6. The van der Waals surface area contributed by atoms with Crippen LogP contribution in [0.15, 0.2) is 48.5 Å². The smallest absolute Gasteiger partial charge is 0.335 e. The van der Waals surface area contributed by atoms with E-state index < -0.39 is 45.5 Å². The minimum Gasteiger partial charge on any atom is -0.335 e. The summed E-state index contributed by atoms with van der Waals surface area (Å²) in [5.41, 5.74) is -2.63. The molecule has 2 aromatic rings. The lowest BCUT2D eigenvalue weighted by Gasteiger charge is -2.44. The van der Waals surface area contributed by atoms with Crippen molar-refractivity contribution < 1.29 is 35.8 Å². The predicted octanol–water partition coefficient (Wildman–Crippen LogP) is 4.20. The summed E-state index contributed by atoms with van der Waals surface area (Å²) in [4.78, 5) is 18.1. The maximum Gasteiger partial charge on any atom is 0.428 e. The predicted molar refractivity (Wildman–Crippen MR) is 116 cm³/mol. The highest BCUT2D eigenvalue weighted by Crippen LogP contribution is 2.48. The minimum absolute atomic E-state index is 0.0481. The first-order valence-corrected chi connectivity index (χ1v) is 12.0. The molecule has 1 fully saturated rings. The van der Waals surface area contributed by atoms with Gasteiger partial charge in [0.2, 0.25) is 11.5 Å². The van der Waals surface area contributed by atoms with Crippen LogP contribution < -0.4 is 5.48 Å². The van der Waals surface area contributed by atoms with E-state index in [2.05, 4.69) is 5.48 Å². The molecule has 182 valence electrons. The van der Waals surface area contributed by atoms with E-state index >= 15 is 4.39 Å². The van der Waals surface area contributed by atoms with Gasteiger partial charge in [-0.2, -0.15) is 13.2 Å². The van der Waals surface area contributed by atoms with E-state index in [9.17, 15) is 26.6 Å². The van der Waals surface area contributed by atoms with Crippen molar-refractivity contribution in [3.63, 3.8) is 0 Å². The highest BCUT2D eigenvalue weighted by atomic mass is 35.5. The number of hydrogen-bond donors (Lipinski definition) is 1. The van der Waals surface area contributed by atoms with Crippen LogP contribution in [0, 0.1) is 5.82 Å². The summed E-state index contributed by atoms with van der Waals surface area (Å²) in [6, 6.07) is 8.17. The lowest BCUT2D eigenvalue weighted by atomic mass is 9.87. The fourth-order valence-corrected chi connectivity index (χ4v) is 4.64. The monoisotopic (exact) mass is 520 g/mol. The van der Waals surface area contributed by atoms with E-state index in [1.165, 1.54) is 35.4 Å². The van der Waals surface area contributed by atoms with Gasteiger partial charge in [-0.15, -0.1) is 0 Å². The van der Waals surface area contributed by atoms with Gasteiger partial charge < -0.3 is 4.90 Å². The quantitative estimate of drug-likeness (QED) is 0.601. The summed E-state index contributed by atoms with van der Waals surface area (Å²) in [5, 5.41) is -0.222. The van der Waals surface area contributed by atoms with Crippen molar-refractivity contribution in [2.75, 3.05) is 25.1 Å². The number of hydroxylamine groups is 1. The first-order chi connectivity index (χ1) is 15.8. The van der Waals surface area contributed by atoms with Crippen LogP contribution in [-0.2, 0) is 31.7 Å². The molecule has 1 N–H and O–H groups in total. The molecular formula is C22H18ClF5N2O3S. The van der Waals surface area contributed by atoms with E-state index in [0.717, 1.165) is 18.2 Å². The number of halogens is 6. The average Bonchev–Trinajstić information content (AvgIpc) is 3.17. The standard InChI is InChI=1S/C22H18ClF5N2O3S/c1-34(32)10-19(31)30-11-20(25,12-30)14-4-2-13(3-5-14)18-9-21(33-29-18,22(26,27)28)15-6-16(23)8-17(24)7-15/h2-9,29H,10-12H2,1H3. The van der Waals surface area contributed by atoms with Crippen molar-refractivity contribution in [1.82, 2.24) is 10.4 Å². The van der Waals surface area contributed by atoms with E-state index in [-0.39, 0.29) is 40.7 Å². The van der Waals surface area contributed by atoms with Gasteiger partial charge in [0.15, 0.2) is 5.67 Å². The Labute approximate surface area is 198 Å². The van der Waals surface area contributed by atoms with E-state index in [4.69, 9.17) is 16.4 Å². The third-order valence-corrected chi connectivity index (χ3v) is 6.53. The molecule has 5 nitrogen and oxygen atoms in total. The van der Waals surface area contributed by atoms with E-state index in [1.807, 2.05) is 0 Å². The number of rotatable bonds is 5. The zero-order valence-corrected chi connectivity index (χ0v) is 19.2. The van der Waals surface area contributed by atoms with Crippen molar-refractivity contribution in [1.29, 1.82) is 0 Å². The summed E-state index contributed by atoms with van der Waals surface area (Å²) >= 11 is 5.75. The Bertz CT molecular complexity index is 1160. The van der Waals surface area contributed by atoms with Crippen molar-refractivity contribution in [3.8, 4) is 0 Å². The molecule has 4 rings (SSSR count). The molecule has 2 aliphatic rings. The second kappa shape index (κ2) is 8.62. The number of carbonyl (C=O) groups excluding carboxylic acids is 1. The summed E-state index contributed by atoms with van der Waals surface area (Å²) in [6.45, 7) is -0.409. The van der Waals surface area contributed by atoms with Gasteiger partial charge in [0, 0.05) is 27.6 Å². The molecule has 12 heteroatoms. The third-order valence-electron chi connectivity index (χ3n) is 5.66. The van der Waals surface area contributed by atoms with Gasteiger partial charge in [0.25, 0.3) is 0 Å². The molecule has 0 spiro atoms. The highest BCUT2D eigenvalue weighted by Gasteiger charge is 2.59. The number of benzene rings is 2. The molecule has 0 aromatic heterocycles. The lowest BCUT2D eigenvalue weighted by Crippen LogP contribution is -2.59. The molecule has 1 saturated heterocycles. The van der Waals surface area contributed by atoms with Gasteiger partial charge in [-0.3, -0.25) is 19.3 Å². The minimum atomic E-state index is -4.95. The average molecular weight is 521 g/mol. The summed E-state index contributed by atoms with van der Waals surface area (Å²) in [5.74, 6) is -1.55. The molecule has 2 aromatic carbocycles. The molecular weight excluding hydrogens is 503 g/mol. The number of hydrogen-bond acceptors (Lipinski definition) is 4. The zero-order chi connectivity index (χ0) is 24.9. The SMILES string of the molecule is CS(=O)CC(=O)N1CC(F)(c2ccc(C3=CC(c4cc(F)cc(Cl)c4)(C(F)(F)F)ON3)cc2)C1. The molecule has 2 aliphatic heterocycles. The van der Waals surface area contributed by atoms with Crippen molar-refractivity contribution >= 4 is 34.0 Å². The molecule has 0 bridgehead atoms. The Morgan fingerprint density at radius 3 is 2.38 bits per heavy atom. The van der Waals surface area contributed by atoms with Crippen LogP contribution in [0.1, 0.15) is 16.7 Å². The van der Waals surface area contributed by atoms with E-state index in [0.29, 0.717) is 6.07 Å². The lowest BCUT2D eigenvalue weighted by molar-refractivity contribution is -0.269. The van der Waals surface area contributed by atoms with Crippen LogP contribution >= 0.6 is 11.6 Å². The highest BCUT2D eigenvalue weighted by molar-refractivity contribution is 7.85. The number of alkyl halides is 4. The molecule has 0 aliphatic carbocycles. The Balaban J connectivity index is 1.57. The van der Waals surface area contributed by atoms with Crippen LogP contribution in [0.25, 0.3) is 5.70 Å². The van der Waals surface area contributed by atoms with Crippen LogP contribution in [-0.4, -0.2) is 46.3 Å². The van der Waals surface area contributed by atoms with Crippen molar-refractivity contribution in [2.45, 2.75) is 17.4 Å². The maximum atomic E-state index is 15.2. The Hall–Kier alpha value is -2.50. The summed E-state index contributed by atoms with van der Waals surface area (Å²) in [6.07, 6.45) is -2.80. The largest absolute Gasteiger partial charge is 0.428 e. The molecule has 34 heavy (non-hydrogen) atoms. The number of nitrogens with one attached hydrogen (secondary N) is 1. The number of carbonyl (C=O) groups is 1. The molecule has 0 radical (unpaired) electrons. The van der Waals surface area contributed by atoms with Crippen LogP contribution in [0.3, 0.4) is 0 Å². The van der Waals surface area contributed by atoms with Crippen LogP contribution in [0.4, 0.5) is 22.0 Å². The molecule has 2 unspecified atom stereocenters. The first kappa shape index (κ1) is 24.6. The fourth-order valence-electron chi connectivity index (χ4n) is 3.89. The Morgan fingerprint density at radius 2 is 1.82 bits per heavy atom. The molecule has 2 atom stereocenters. The van der Waals surface area contributed by atoms with Gasteiger partial charge in [0.1, 0.15) is 11.6 Å². The Kier molecular flexibility index (Phi) is 6.24. The van der Waals surface area contributed by atoms with Gasteiger partial charge in [-0.05, 0) is 35.4 Å². The summed E-state index contributed by atoms with van der Waals surface area (Å²) in [7, 11) is -1.33. The number of amides is 1. The van der Waals surface area contributed by atoms with Crippen LogP contribution in [0.5, 0.6) is 0 Å². The van der Waals surface area contributed by atoms with Gasteiger partial charge in [0.05, 0.1) is 18.8 Å². The third kappa shape index (κ3) is 4.44. The number of nitrogens with zero attached hydrogens (tertiary/aromatic N) is 1. The van der Waals surface area contributed by atoms with Crippen molar-refractivity contribution in [2.24, 2.45) is 0 Å². The maximum absolute atomic E-state index is 15.2. The molecule has 1 amide bonds. The fraction of sp³-hybridized carbons (Fsp3) is 0.318. The topological polar surface area (TPSA) is 58.6 Å². The second-order valence-corrected chi connectivity index (χ2v) is 10.0. The van der Waals surface area contributed by atoms with Gasteiger partial charge >= 0.3 is 6.18 Å². The zero-order valence-electron chi connectivity index (χ0n) is 17.6. The van der Waals surface area contributed by atoms with Gasteiger partial charge in [-0.1, -0.05) is 35.9 Å². The molecule has 2 heterocycles. The summed E-state index contributed by atoms with van der Waals surface area (Å²) < 4.78 is 82.2. The molecule has 0 saturated carbocycles. The number of likely N-dealkylation sites (tertiary alicyclic amines) is 1. The van der Waals surface area contributed by atoms with Gasteiger partial charge in [-0.25, -0.2) is 8.78 Å². The first-order valence-electron chi connectivity index (χ1n) is 9.91. The second-order valence-electron chi connectivity index (χ2n) is 8.16. The van der Waals surface area contributed by atoms with Crippen molar-refractivity contribution in [3.05, 3.63) is 76.1 Å². The van der Waals surface area contributed by atoms with E-state index in [1.54, 1.807) is 0 Å². The van der Waals surface area contributed by atoms with Crippen LogP contribution in [0.2, 0.25) is 5.02 Å².